The number of hydrogen-bond donors (Lipinski definition) is 1. The molecule has 2 aromatic rings. The van der Waals surface area contributed by atoms with Crippen molar-refractivity contribution in [1.29, 1.82) is 0 Å². The quantitative estimate of drug-likeness (QED) is 0.673. The molecule has 0 aliphatic carbocycles. The lowest BCUT2D eigenvalue weighted by Gasteiger charge is -2.00. The molecule has 0 saturated heterocycles. The molecule has 4 nitrogen and oxygen atoms in total. The lowest BCUT2D eigenvalue weighted by molar-refractivity contribution is -0.120. The first-order valence-electron chi connectivity index (χ1n) is 6.00. The van der Waals surface area contributed by atoms with E-state index in [1.54, 1.807) is 24.5 Å². The number of carbonyl (C=O) groups is 1. The van der Waals surface area contributed by atoms with Crippen LogP contribution in [0.25, 0.3) is 6.08 Å². The monoisotopic (exact) mass is 332 g/mol. The molecule has 1 amide bonds. The van der Waals surface area contributed by atoms with Crippen LogP contribution in [0, 0.1) is 0 Å². The van der Waals surface area contributed by atoms with Crippen LogP contribution in [0.5, 0.6) is 0 Å². The fourth-order valence-corrected chi connectivity index (χ4v) is 1.77. The van der Waals surface area contributed by atoms with Crippen LogP contribution in [0.2, 0.25) is 0 Å². The number of rotatable bonds is 5. The SMILES string of the molecule is O=C(Cc1ccc(Br)cc1)N/N=C/C=C/c1ccco1. The van der Waals surface area contributed by atoms with Crippen LogP contribution in [-0.2, 0) is 11.2 Å². The number of nitrogens with one attached hydrogen (secondary N) is 1. The molecule has 0 bridgehead atoms. The molecule has 5 heteroatoms. The molecule has 0 aliphatic rings. The number of halogens is 1. The van der Waals surface area contributed by atoms with E-state index in [9.17, 15) is 4.79 Å². The summed E-state index contributed by atoms with van der Waals surface area (Å²) in [5, 5.41) is 3.82. The van der Waals surface area contributed by atoms with Gasteiger partial charge in [0.05, 0.1) is 12.7 Å². The van der Waals surface area contributed by atoms with Crippen LogP contribution < -0.4 is 5.43 Å². The van der Waals surface area contributed by atoms with Crippen LogP contribution in [0.15, 0.2) is 62.7 Å². The largest absolute Gasteiger partial charge is 0.465 e. The summed E-state index contributed by atoms with van der Waals surface area (Å²) in [6.45, 7) is 0. The third-order valence-electron chi connectivity index (χ3n) is 2.43. The number of nitrogens with zero attached hydrogens (tertiary/aromatic N) is 1. The number of furan rings is 1. The van der Waals surface area contributed by atoms with Crippen LogP contribution in [0.1, 0.15) is 11.3 Å². The van der Waals surface area contributed by atoms with E-state index in [1.165, 1.54) is 6.21 Å². The van der Waals surface area contributed by atoms with Crippen molar-refractivity contribution in [2.45, 2.75) is 6.42 Å². The summed E-state index contributed by atoms with van der Waals surface area (Å²) in [5.74, 6) is 0.576. The Balaban J connectivity index is 1.76. The predicted molar refractivity (Wildman–Crippen MR) is 82.2 cm³/mol. The van der Waals surface area contributed by atoms with Crippen molar-refractivity contribution in [1.82, 2.24) is 5.43 Å². The summed E-state index contributed by atoms with van der Waals surface area (Å²) in [7, 11) is 0. The van der Waals surface area contributed by atoms with E-state index < -0.39 is 0 Å². The zero-order valence-corrected chi connectivity index (χ0v) is 12.2. The Morgan fingerprint density at radius 1 is 1.30 bits per heavy atom. The summed E-state index contributed by atoms with van der Waals surface area (Å²) in [6.07, 6.45) is 6.84. The molecule has 0 atom stereocenters. The molecular weight excluding hydrogens is 320 g/mol. The molecule has 0 fully saturated rings. The first-order chi connectivity index (χ1) is 9.74. The summed E-state index contributed by atoms with van der Waals surface area (Å²) in [6, 6.07) is 11.2. The van der Waals surface area contributed by atoms with Gasteiger partial charge in [-0.1, -0.05) is 28.1 Å². The molecule has 0 spiro atoms. The minimum atomic E-state index is -0.157. The van der Waals surface area contributed by atoms with Gasteiger partial charge in [-0.05, 0) is 42.0 Å². The second-order valence-corrected chi connectivity index (χ2v) is 4.91. The van der Waals surface area contributed by atoms with Crippen molar-refractivity contribution in [3.63, 3.8) is 0 Å². The zero-order valence-electron chi connectivity index (χ0n) is 10.6. The predicted octanol–water partition coefficient (Wildman–Crippen LogP) is 3.40. The topological polar surface area (TPSA) is 54.6 Å². The van der Waals surface area contributed by atoms with E-state index in [0.29, 0.717) is 6.42 Å². The van der Waals surface area contributed by atoms with Crippen molar-refractivity contribution in [3.05, 3.63) is 64.5 Å². The van der Waals surface area contributed by atoms with Crippen molar-refractivity contribution in [2.24, 2.45) is 5.10 Å². The maximum Gasteiger partial charge on any atom is 0.244 e. The minimum absolute atomic E-state index is 0.157. The standard InChI is InChI=1S/C15H13BrN2O2/c16-13-7-5-12(6-8-13)11-15(19)18-17-9-1-3-14-4-2-10-20-14/h1-10H,11H2,(H,18,19)/b3-1+,17-9+. The Hall–Kier alpha value is -2.14. The van der Waals surface area contributed by atoms with E-state index in [1.807, 2.05) is 30.3 Å². The van der Waals surface area contributed by atoms with Crippen molar-refractivity contribution >= 4 is 34.1 Å². The molecule has 0 saturated carbocycles. The number of amides is 1. The molecule has 1 aromatic carbocycles. The normalized spacial score (nSPS) is 11.2. The smallest absolute Gasteiger partial charge is 0.244 e. The highest BCUT2D eigenvalue weighted by Gasteiger charge is 2.01. The number of carbonyl (C=O) groups excluding carboxylic acids is 1. The van der Waals surface area contributed by atoms with Gasteiger partial charge >= 0.3 is 0 Å². The maximum absolute atomic E-state index is 11.6. The highest BCUT2D eigenvalue weighted by atomic mass is 79.9. The molecular formula is C15H13BrN2O2. The van der Waals surface area contributed by atoms with Gasteiger partial charge in [0.15, 0.2) is 0 Å². The van der Waals surface area contributed by atoms with Gasteiger partial charge in [-0.2, -0.15) is 5.10 Å². The van der Waals surface area contributed by atoms with Gasteiger partial charge in [-0.25, -0.2) is 5.43 Å². The second kappa shape index (κ2) is 7.45. The Kier molecular flexibility index (Phi) is 5.32. The molecule has 0 aliphatic heterocycles. The molecule has 0 unspecified atom stereocenters. The molecule has 1 aromatic heterocycles. The number of hydrazone groups is 1. The lowest BCUT2D eigenvalue weighted by Crippen LogP contribution is -2.19. The molecule has 0 radical (unpaired) electrons. The van der Waals surface area contributed by atoms with Crippen molar-refractivity contribution in [2.75, 3.05) is 0 Å². The highest BCUT2D eigenvalue weighted by molar-refractivity contribution is 9.10. The Morgan fingerprint density at radius 2 is 2.10 bits per heavy atom. The van der Waals surface area contributed by atoms with Crippen LogP contribution in [0.3, 0.4) is 0 Å². The van der Waals surface area contributed by atoms with Gasteiger partial charge in [0.25, 0.3) is 0 Å². The highest BCUT2D eigenvalue weighted by Crippen LogP contribution is 2.10. The Bertz CT molecular complexity index is 601. The molecule has 1 N–H and O–H groups in total. The summed E-state index contributed by atoms with van der Waals surface area (Å²) >= 11 is 3.35. The van der Waals surface area contributed by atoms with E-state index in [4.69, 9.17) is 4.42 Å². The lowest BCUT2D eigenvalue weighted by atomic mass is 10.1. The van der Waals surface area contributed by atoms with Gasteiger partial charge < -0.3 is 4.42 Å². The molecule has 1 heterocycles. The van der Waals surface area contributed by atoms with E-state index in [-0.39, 0.29) is 5.91 Å². The van der Waals surface area contributed by atoms with Gasteiger partial charge in [0.1, 0.15) is 5.76 Å². The Morgan fingerprint density at radius 3 is 2.80 bits per heavy atom. The van der Waals surface area contributed by atoms with Crippen molar-refractivity contribution in [3.8, 4) is 0 Å². The summed E-state index contributed by atoms with van der Waals surface area (Å²) in [5.41, 5.74) is 3.40. The number of benzene rings is 1. The second-order valence-electron chi connectivity index (χ2n) is 3.99. The average molecular weight is 333 g/mol. The third-order valence-corrected chi connectivity index (χ3v) is 2.96. The van der Waals surface area contributed by atoms with E-state index in [0.717, 1.165) is 15.8 Å². The van der Waals surface area contributed by atoms with Crippen molar-refractivity contribution < 1.29 is 9.21 Å². The van der Waals surface area contributed by atoms with Gasteiger partial charge in [-0.3, -0.25) is 4.79 Å². The van der Waals surface area contributed by atoms with Crippen LogP contribution >= 0.6 is 15.9 Å². The third kappa shape index (κ3) is 4.85. The van der Waals surface area contributed by atoms with Crippen LogP contribution in [0.4, 0.5) is 0 Å². The minimum Gasteiger partial charge on any atom is -0.465 e. The molecule has 20 heavy (non-hydrogen) atoms. The molecule has 2 rings (SSSR count). The van der Waals surface area contributed by atoms with Gasteiger partial charge in [0.2, 0.25) is 5.91 Å². The average Bonchev–Trinajstić information content (AvgIpc) is 2.94. The van der Waals surface area contributed by atoms with E-state index >= 15 is 0 Å². The van der Waals surface area contributed by atoms with Gasteiger partial charge in [0, 0.05) is 10.7 Å². The summed E-state index contributed by atoms with van der Waals surface area (Å²) in [4.78, 5) is 11.6. The fourth-order valence-electron chi connectivity index (χ4n) is 1.50. The first-order valence-corrected chi connectivity index (χ1v) is 6.80. The van der Waals surface area contributed by atoms with Gasteiger partial charge in [-0.15, -0.1) is 0 Å². The zero-order chi connectivity index (χ0) is 14.2. The fraction of sp³-hybridized carbons (Fsp3) is 0.0667. The first kappa shape index (κ1) is 14.3. The van der Waals surface area contributed by atoms with E-state index in [2.05, 4.69) is 26.5 Å². The number of allylic oxidation sites excluding steroid dienone is 1. The molecule has 102 valence electrons. The Labute approximate surface area is 125 Å². The van der Waals surface area contributed by atoms with Crippen LogP contribution in [-0.4, -0.2) is 12.1 Å². The maximum atomic E-state index is 11.6. The number of hydrogen-bond acceptors (Lipinski definition) is 3. The summed E-state index contributed by atoms with van der Waals surface area (Å²) < 4.78 is 6.10.